The molecule has 2 aromatic heterocycles. The average molecular weight is 241 g/mol. The molecule has 0 aliphatic heterocycles. The highest BCUT2D eigenvalue weighted by molar-refractivity contribution is 5.75. The molecule has 3 rings (SSSR count). The second-order valence-electron chi connectivity index (χ2n) is 3.93. The Labute approximate surface area is 103 Å². The molecule has 6 heteroatoms. The molecule has 6 nitrogen and oxygen atoms in total. The van der Waals surface area contributed by atoms with Gasteiger partial charge in [0.25, 0.3) is 5.95 Å². The zero-order valence-corrected chi connectivity index (χ0v) is 9.78. The van der Waals surface area contributed by atoms with Crippen LogP contribution in [0, 0.1) is 6.92 Å². The van der Waals surface area contributed by atoms with E-state index >= 15 is 0 Å². The first-order valence-electron chi connectivity index (χ1n) is 5.54. The molecule has 0 fully saturated rings. The fourth-order valence-corrected chi connectivity index (χ4v) is 1.75. The minimum Gasteiger partial charge on any atom is -0.392 e. The van der Waals surface area contributed by atoms with Gasteiger partial charge in [-0.1, -0.05) is 17.3 Å². The third kappa shape index (κ3) is 1.63. The van der Waals surface area contributed by atoms with E-state index in [1.54, 1.807) is 10.9 Å². The Bertz CT molecular complexity index is 707. The van der Waals surface area contributed by atoms with Crippen LogP contribution in [0.4, 0.5) is 0 Å². The van der Waals surface area contributed by atoms with Crippen molar-refractivity contribution in [1.82, 2.24) is 25.0 Å². The van der Waals surface area contributed by atoms with Gasteiger partial charge in [-0.2, -0.15) is 4.68 Å². The summed E-state index contributed by atoms with van der Waals surface area (Å²) < 4.78 is 1.59. The smallest absolute Gasteiger partial charge is 0.252 e. The molecule has 0 atom stereocenters. The summed E-state index contributed by atoms with van der Waals surface area (Å²) in [4.78, 5) is 8.52. The first-order valence-corrected chi connectivity index (χ1v) is 5.54. The van der Waals surface area contributed by atoms with Crippen molar-refractivity contribution in [3.05, 3.63) is 41.7 Å². The number of rotatable bonds is 2. The van der Waals surface area contributed by atoms with Crippen LogP contribution < -0.4 is 0 Å². The van der Waals surface area contributed by atoms with Crippen molar-refractivity contribution in [3.8, 4) is 5.95 Å². The number of hydrogen-bond donors (Lipinski definition) is 1. The van der Waals surface area contributed by atoms with Crippen molar-refractivity contribution in [1.29, 1.82) is 0 Å². The van der Waals surface area contributed by atoms with Gasteiger partial charge in [-0.25, -0.2) is 9.97 Å². The fourth-order valence-electron chi connectivity index (χ4n) is 1.75. The SMILES string of the molecule is Cc1nc(-n2nnc3ccccc32)ncc1CO. The van der Waals surface area contributed by atoms with Crippen LogP contribution in [0.3, 0.4) is 0 Å². The molecule has 90 valence electrons. The first-order chi connectivity index (χ1) is 8.79. The van der Waals surface area contributed by atoms with Gasteiger partial charge >= 0.3 is 0 Å². The standard InChI is InChI=1S/C12H11N5O/c1-8-9(7-18)6-13-12(14-8)17-11-5-3-2-4-10(11)15-16-17/h2-6,18H,7H2,1H3. The van der Waals surface area contributed by atoms with E-state index in [9.17, 15) is 0 Å². The summed E-state index contributed by atoms with van der Waals surface area (Å²) in [6.07, 6.45) is 1.61. The average Bonchev–Trinajstić information content (AvgIpc) is 2.82. The maximum atomic E-state index is 9.10. The summed E-state index contributed by atoms with van der Waals surface area (Å²) in [7, 11) is 0. The number of aryl methyl sites for hydroxylation is 1. The van der Waals surface area contributed by atoms with Gasteiger partial charge < -0.3 is 5.11 Å². The Hall–Kier alpha value is -2.34. The van der Waals surface area contributed by atoms with Crippen molar-refractivity contribution in [2.75, 3.05) is 0 Å². The molecule has 0 aliphatic rings. The Morgan fingerprint density at radius 2 is 2.11 bits per heavy atom. The van der Waals surface area contributed by atoms with E-state index in [0.717, 1.165) is 16.7 Å². The largest absolute Gasteiger partial charge is 0.392 e. The van der Waals surface area contributed by atoms with E-state index in [1.807, 2.05) is 31.2 Å². The highest BCUT2D eigenvalue weighted by Crippen LogP contribution is 2.14. The van der Waals surface area contributed by atoms with Crippen molar-refractivity contribution < 1.29 is 5.11 Å². The predicted molar refractivity (Wildman–Crippen MR) is 65.1 cm³/mol. The van der Waals surface area contributed by atoms with Crippen LogP contribution in [-0.2, 0) is 6.61 Å². The molecule has 1 N–H and O–H groups in total. The van der Waals surface area contributed by atoms with Gasteiger partial charge in [0.2, 0.25) is 0 Å². The number of para-hydroxylation sites is 1. The lowest BCUT2D eigenvalue weighted by Crippen LogP contribution is -2.06. The fraction of sp³-hybridized carbons (Fsp3) is 0.167. The van der Waals surface area contributed by atoms with E-state index in [0.29, 0.717) is 11.5 Å². The third-order valence-corrected chi connectivity index (χ3v) is 2.78. The van der Waals surface area contributed by atoms with Crippen LogP contribution in [0.15, 0.2) is 30.5 Å². The molecule has 0 saturated heterocycles. The van der Waals surface area contributed by atoms with Gasteiger partial charge in [0.05, 0.1) is 12.1 Å². The van der Waals surface area contributed by atoms with E-state index in [2.05, 4.69) is 20.3 Å². The number of hydrogen-bond acceptors (Lipinski definition) is 5. The van der Waals surface area contributed by atoms with Crippen LogP contribution >= 0.6 is 0 Å². The molecule has 18 heavy (non-hydrogen) atoms. The van der Waals surface area contributed by atoms with Crippen LogP contribution in [-0.4, -0.2) is 30.1 Å². The maximum absolute atomic E-state index is 9.10. The molecule has 3 aromatic rings. The molecular weight excluding hydrogens is 230 g/mol. The van der Waals surface area contributed by atoms with Crippen LogP contribution in [0.5, 0.6) is 0 Å². The highest BCUT2D eigenvalue weighted by atomic mass is 16.3. The molecule has 0 bridgehead atoms. The summed E-state index contributed by atoms with van der Waals surface area (Å²) >= 11 is 0. The molecule has 0 aliphatic carbocycles. The summed E-state index contributed by atoms with van der Waals surface area (Å²) in [5.74, 6) is 0.457. The molecule has 0 spiro atoms. The summed E-state index contributed by atoms with van der Waals surface area (Å²) in [6, 6.07) is 7.61. The van der Waals surface area contributed by atoms with Gasteiger partial charge in [0.1, 0.15) is 5.52 Å². The summed E-state index contributed by atoms with van der Waals surface area (Å²) in [5, 5.41) is 17.2. The second-order valence-corrected chi connectivity index (χ2v) is 3.93. The van der Waals surface area contributed by atoms with Crippen molar-refractivity contribution >= 4 is 11.0 Å². The molecule has 0 saturated carbocycles. The van der Waals surface area contributed by atoms with E-state index in [1.165, 1.54) is 0 Å². The Kier molecular flexibility index (Phi) is 2.49. The zero-order valence-electron chi connectivity index (χ0n) is 9.78. The van der Waals surface area contributed by atoms with Gasteiger partial charge in [0, 0.05) is 17.5 Å². The molecule has 0 radical (unpaired) electrons. The quantitative estimate of drug-likeness (QED) is 0.724. The Morgan fingerprint density at radius 3 is 2.89 bits per heavy atom. The zero-order chi connectivity index (χ0) is 12.5. The van der Waals surface area contributed by atoms with E-state index in [-0.39, 0.29) is 6.61 Å². The Morgan fingerprint density at radius 1 is 1.28 bits per heavy atom. The summed E-state index contributed by atoms with van der Waals surface area (Å²) in [6.45, 7) is 1.76. The number of benzene rings is 1. The van der Waals surface area contributed by atoms with Gasteiger partial charge in [-0.3, -0.25) is 0 Å². The molecule has 0 amide bonds. The number of aromatic nitrogens is 5. The molecular formula is C12H11N5O. The number of aliphatic hydroxyl groups excluding tert-OH is 1. The third-order valence-electron chi connectivity index (χ3n) is 2.78. The minimum atomic E-state index is -0.0653. The molecule has 0 unspecified atom stereocenters. The minimum absolute atomic E-state index is 0.0653. The van der Waals surface area contributed by atoms with Gasteiger partial charge in [0.15, 0.2) is 0 Å². The highest BCUT2D eigenvalue weighted by Gasteiger charge is 2.09. The lowest BCUT2D eigenvalue weighted by molar-refractivity contribution is 0.280. The predicted octanol–water partition coefficient (Wildman–Crippen LogP) is 1.01. The lowest BCUT2D eigenvalue weighted by Gasteiger charge is -2.04. The van der Waals surface area contributed by atoms with Crippen LogP contribution in [0.1, 0.15) is 11.3 Å². The lowest BCUT2D eigenvalue weighted by atomic mass is 10.2. The van der Waals surface area contributed by atoms with Crippen LogP contribution in [0.25, 0.3) is 17.0 Å². The number of fused-ring (bicyclic) bond motifs is 1. The monoisotopic (exact) mass is 241 g/mol. The number of nitrogens with zero attached hydrogens (tertiary/aromatic N) is 5. The van der Waals surface area contributed by atoms with Crippen molar-refractivity contribution in [2.45, 2.75) is 13.5 Å². The van der Waals surface area contributed by atoms with Crippen LogP contribution in [0.2, 0.25) is 0 Å². The maximum Gasteiger partial charge on any atom is 0.252 e. The molecule has 1 aromatic carbocycles. The van der Waals surface area contributed by atoms with Crippen molar-refractivity contribution in [2.24, 2.45) is 0 Å². The summed E-state index contributed by atoms with van der Waals surface area (Å²) in [5.41, 5.74) is 3.10. The van der Waals surface area contributed by atoms with Gasteiger partial charge in [-0.15, -0.1) is 5.10 Å². The first kappa shape index (κ1) is 10.8. The Balaban J connectivity index is 2.17. The van der Waals surface area contributed by atoms with E-state index in [4.69, 9.17) is 5.11 Å². The van der Waals surface area contributed by atoms with Crippen molar-refractivity contribution in [3.63, 3.8) is 0 Å². The normalized spacial score (nSPS) is 11.0. The second kappa shape index (κ2) is 4.15. The van der Waals surface area contributed by atoms with Gasteiger partial charge in [-0.05, 0) is 19.1 Å². The van der Waals surface area contributed by atoms with E-state index < -0.39 is 0 Å². The molecule has 2 heterocycles. The topological polar surface area (TPSA) is 76.7 Å². The number of aliphatic hydroxyl groups is 1.